The quantitative estimate of drug-likeness (QED) is 0.930. The molecule has 0 spiro atoms. The van der Waals surface area contributed by atoms with E-state index in [0.717, 1.165) is 24.6 Å². The minimum absolute atomic E-state index is 0.166. The van der Waals surface area contributed by atoms with Crippen molar-refractivity contribution in [1.82, 2.24) is 20.3 Å². The van der Waals surface area contributed by atoms with Gasteiger partial charge in [0.05, 0.1) is 12.1 Å². The van der Waals surface area contributed by atoms with Gasteiger partial charge in [0, 0.05) is 37.2 Å². The number of rotatable bonds is 4. The van der Waals surface area contributed by atoms with Gasteiger partial charge in [-0.3, -0.25) is 9.78 Å². The number of carbonyl (C=O) groups is 1. The lowest BCUT2D eigenvalue weighted by Crippen LogP contribution is -2.25. The average molecular weight is 297 g/mol. The number of nitrogens with one attached hydrogen (secondary N) is 1. The maximum atomic E-state index is 12.0. The summed E-state index contributed by atoms with van der Waals surface area (Å²) in [5.74, 6) is 1.43. The number of pyridine rings is 1. The van der Waals surface area contributed by atoms with E-state index in [-0.39, 0.29) is 5.91 Å². The van der Waals surface area contributed by atoms with E-state index in [1.54, 1.807) is 24.5 Å². The van der Waals surface area contributed by atoms with Crippen LogP contribution in [0, 0.1) is 6.92 Å². The third kappa shape index (κ3) is 3.39. The lowest BCUT2D eigenvalue weighted by atomic mass is 10.3. The Morgan fingerprint density at radius 1 is 1.32 bits per heavy atom. The molecule has 0 aromatic carbocycles. The van der Waals surface area contributed by atoms with E-state index in [9.17, 15) is 4.79 Å². The topological polar surface area (TPSA) is 71.0 Å². The van der Waals surface area contributed by atoms with Crippen molar-refractivity contribution in [3.63, 3.8) is 0 Å². The van der Waals surface area contributed by atoms with E-state index >= 15 is 0 Å². The summed E-state index contributed by atoms with van der Waals surface area (Å²) in [5, 5.41) is 2.84. The van der Waals surface area contributed by atoms with Gasteiger partial charge in [0.25, 0.3) is 5.91 Å². The molecule has 0 saturated carbocycles. The second kappa shape index (κ2) is 6.51. The molecular weight excluding hydrogens is 278 g/mol. The van der Waals surface area contributed by atoms with Crippen LogP contribution in [0.4, 0.5) is 5.82 Å². The summed E-state index contributed by atoms with van der Waals surface area (Å²) < 4.78 is 0. The van der Waals surface area contributed by atoms with Crippen molar-refractivity contribution < 1.29 is 4.79 Å². The number of carbonyl (C=O) groups excluding carboxylic acids is 1. The number of hydrogen-bond donors (Lipinski definition) is 1. The van der Waals surface area contributed by atoms with Crippen LogP contribution < -0.4 is 10.2 Å². The molecule has 1 amide bonds. The zero-order valence-corrected chi connectivity index (χ0v) is 12.6. The summed E-state index contributed by atoms with van der Waals surface area (Å²) in [6.45, 7) is 4.35. The van der Waals surface area contributed by atoms with Gasteiger partial charge in [0.15, 0.2) is 0 Å². The summed E-state index contributed by atoms with van der Waals surface area (Å²) in [5.41, 5.74) is 1.46. The summed E-state index contributed by atoms with van der Waals surface area (Å²) >= 11 is 0. The fraction of sp³-hybridized carbons (Fsp3) is 0.375. The lowest BCUT2D eigenvalue weighted by molar-refractivity contribution is 0.0949. The zero-order chi connectivity index (χ0) is 15.4. The molecule has 3 rings (SSSR count). The molecular formula is C16H19N5O. The molecule has 3 heterocycles. The molecule has 1 fully saturated rings. The van der Waals surface area contributed by atoms with E-state index < -0.39 is 0 Å². The molecule has 1 aliphatic rings. The van der Waals surface area contributed by atoms with Crippen LogP contribution in [-0.2, 0) is 6.54 Å². The molecule has 22 heavy (non-hydrogen) atoms. The van der Waals surface area contributed by atoms with Gasteiger partial charge < -0.3 is 10.2 Å². The summed E-state index contributed by atoms with van der Waals surface area (Å²) in [4.78, 5) is 27.2. The number of aryl methyl sites for hydroxylation is 1. The summed E-state index contributed by atoms with van der Waals surface area (Å²) in [6.07, 6.45) is 5.59. The van der Waals surface area contributed by atoms with Gasteiger partial charge >= 0.3 is 0 Å². The molecule has 0 aliphatic carbocycles. The van der Waals surface area contributed by atoms with Gasteiger partial charge in [-0.1, -0.05) is 0 Å². The molecule has 1 aliphatic heterocycles. The highest BCUT2D eigenvalue weighted by molar-refractivity contribution is 5.93. The van der Waals surface area contributed by atoms with Gasteiger partial charge in [0.2, 0.25) is 0 Å². The maximum absolute atomic E-state index is 12.0. The highest BCUT2D eigenvalue weighted by Gasteiger charge is 2.15. The minimum Gasteiger partial charge on any atom is -0.357 e. The Bertz CT molecular complexity index is 653. The maximum Gasteiger partial charge on any atom is 0.253 e. The van der Waals surface area contributed by atoms with Gasteiger partial charge in [-0.25, -0.2) is 9.97 Å². The van der Waals surface area contributed by atoms with Crippen LogP contribution >= 0.6 is 0 Å². The van der Waals surface area contributed by atoms with Gasteiger partial charge in [-0.15, -0.1) is 0 Å². The summed E-state index contributed by atoms with van der Waals surface area (Å²) in [7, 11) is 0. The van der Waals surface area contributed by atoms with Gasteiger partial charge in [-0.05, 0) is 31.9 Å². The largest absolute Gasteiger partial charge is 0.357 e. The number of anilines is 1. The van der Waals surface area contributed by atoms with Crippen molar-refractivity contribution in [3.05, 3.63) is 47.7 Å². The third-order valence-electron chi connectivity index (χ3n) is 3.65. The van der Waals surface area contributed by atoms with Crippen LogP contribution in [0.25, 0.3) is 0 Å². The first kappa shape index (κ1) is 14.4. The Hall–Kier alpha value is -2.50. The second-order valence-corrected chi connectivity index (χ2v) is 5.40. The Morgan fingerprint density at radius 2 is 2.14 bits per heavy atom. The van der Waals surface area contributed by atoms with Crippen molar-refractivity contribution in [3.8, 4) is 0 Å². The molecule has 1 N–H and O–H groups in total. The second-order valence-electron chi connectivity index (χ2n) is 5.40. The van der Waals surface area contributed by atoms with E-state index in [4.69, 9.17) is 0 Å². The lowest BCUT2D eigenvalue weighted by Gasteiger charge is -2.17. The van der Waals surface area contributed by atoms with Crippen LogP contribution in [0.1, 0.15) is 34.7 Å². The van der Waals surface area contributed by atoms with Crippen molar-refractivity contribution >= 4 is 11.7 Å². The van der Waals surface area contributed by atoms with Crippen LogP contribution in [0.2, 0.25) is 0 Å². The molecule has 0 unspecified atom stereocenters. The number of nitrogens with zero attached hydrogens (tertiary/aromatic N) is 4. The number of hydrogen-bond acceptors (Lipinski definition) is 5. The molecule has 0 radical (unpaired) electrons. The van der Waals surface area contributed by atoms with Crippen molar-refractivity contribution in [2.45, 2.75) is 26.3 Å². The molecule has 6 nitrogen and oxygen atoms in total. The molecule has 1 saturated heterocycles. The minimum atomic E-state index is -0.166. The molecule has 114 valence electrons. The van der Waals surface area contributed by atoms with Crippen molar-refractivity contribution in [2.24, 2.45) is 0 Å². The molecule has 2 aromatic heterocycles. The fourth-order valence-electron chi connectivity index (χ4n) is 2.56. The van der Waals surface area contributed by atoms with E-state index in [0.29, 0.717) is 17.9 Å². The first-order chi connectivity index (χ1) is 10.7. The third-order valence-corrected chi connectivity index (χ3v) is 3.65. The Kier molecular flexibility index (Phi) is 4.27. The first-order valence-corrected chi connectivity index (χ1v) is 7.50. The SMILES string of the molecule is Cc1cc(N2CCCC2)nc(CNC(=O)c2cccnc2)n1. The summed E-state index contributed by atoms with van der Waals surface area (Å²) in [6, 6.07) is 5.47. The number of aromatic nitrogens is 3. The Balaban J connectivity index is 1.68. The predicted molar refractivity (Wildman–Crippen MR) is 83.6 cm³/mol. The molecule has 6 heteroatoms. The highest BCUT2D eigenvalue weighted by atomic mass is 16.1. The van der Waals surface area contributed by atoms with E-state index in [2.05, 4.69) is 25.2 Å². The Morgan fingerprint density at radius 3 is 2.86 bits per heavy atom. The molecule has 0 bridgehead atoms. The zero-order valence-electron chi connectivity index (χ0n) is 12.6. The van der Waals surface area contributed by atoms with Crippen LogP contribution in [0.5, 0.6) is 0 Å². The van der Waals surface area contributed by atoms with Crippen LogP contribution in [0.3, 0.4) is 0 Å². The number of amides is 1. The monoisotopic (exact) mass is 297 g/mol. The first-order valence-electron chi connectivity index (χ1n) is 7.50. The molecule has 0 atom stereocenters. The van der Waals surface area contributed by atoms with Crippen molar-refractivity contribution in [2.75, 3.05) is 18.0 Å². The van der Waals surface area contributed by atoms with E-state index in [1.165, 1.54) is 12.8 Å². The van der Waals surface area contributed by atoms with Gasteiger partial charge in [-0.2, -0.15) is 0 Å². The smallest absolute Gasteiger partial charge is 0.253 e. The van der Waals surface area contributed by atoms with Crippen LogP contribution in [0.15, 0.2) is 30.6 Å². The normalized spacial score (nSPS) is 14.1. The predicted octanol–water partition coefficient (Wildman–Crippen LogP) is 1.71. The van der Waals surface area contributed by atoms with E-state index in [1.807, 2.05) is 13.0 Å². The van der Waals surface area contributed by atoms with Gasteiger partial charge in [0.1, 0.15) is 11.6 Å². The standard InChI is InChI=1S/C16H19N5O/c1-12-9-15(21-7-2-3-8-21)20-14(19-12)11-18-16(22)13-5-4-6-17-10-13/h4-6,9-10H,2-3,7-8,11H2,1H3,(H,18,22). The molecule has 2 aromatic rings. The van der Waals surface area contributed by atoms with Crippen molar-refractivity contribution in [1.29, 1.82) is 0 Å². The highest BCUT2D eigenvalue weighted by Crippen LogP contribution is 2.18. The fourth-order valence-corrected chi connectivity index (χ4v) is 2.56. The average Bonchev–Trinajstić information content (AvgIpc) is 3.07. The van der Waals surface area contributed by atoms with Crippen LogP contribution in [-0.4, -0.2) is 33.9 Å². The Labute approximate surface area is 129 Å².